The van der Waals surface area contributed by atoms with E-state index in [1.54, 1.807) is 7.11 Å². The van der Waals surface area contributed by atoms with Crippen molar-refractivity contribution in [2.75, 3.05) is 12.8 Å². The van der Waals surface area contributed by atoms with Gasteiger partial charge in [-0.2, -0.15) is 0 Å². The number of anilines is 1. The van der Waals surface area contributed by atoms with Crippen molar-refractivity contribution in [2.45, 2.75) is 26.2 Å². The van der Waals surface area contributed by atoms with E-state index in [-0.39, 0.29) is 5.41 Å². The minimum absolute atomic E-state index is 0.102. The van der Waals surface area contributed by atoms with E-state index in [2.05, 4.69) is 20.8 Å². The third kappa shape index (κ3) is 2.36. The number of methoxy groups -OCH3 is 1. The van der Waals surface area contributed by atoms with Crippen LogP contribution in [0.25, 0.3) is 11.3 Å². The van der Waals surface area contributed by atoms with E-state index >= 15 is 0 Å². The van der Waals surface area contributed by atoms with E-state index in [1.807, 2.05) is 29.8 Å². The maximum absolute atomic E-state index is 6.31. The minimum Gasteiger partial charge on any atom is -0.496 e. The third-order valence-electron chi connectivity index (χ3n) is 3.24. The number of ether oxygens (including phenoxy) is 1. The zero-order chi connectivity index (χ0) is 15.1. The summed E-state index contributed by atoms with van der Waals surface area (Å²) in [5.41, 5.74) is 7.51. The number of rotatable bonds is 2. The monoisotopic (exact) mass is 293 g/mol. The van der Waals surface area contributed by atoms with Crippen molar-refractivity contribution in [3.05, 3.63) is 29.0 Å². The lowest BCUT2D eigenvalue weighted by atomic mass is 9.96. The van der Waals surface area contributed by atoms with Crippen LogP contribution in [0.4, 0.5) is 5.82 Å². The summed E-state index contributed by atoms with van der Waals surface area (Å²) < 4.78 is 7.28. The van der Waals surface area contributed by atoms with Crippen LogP contribution in [-0.4, -0.2) is 16.7 Å². The first-order valence-electron chi connectivity index (χ1n) is 6.43. The summed E-state index contributed by atoms with van der Waals surface area (Å²) in [4.78, 5) is 4.69. The molecule has 0 radical (unpaired) electrons. The lowest BCUT2D eigenvalue weighted by molar-refractivity contribution is 0.416. The van der Waals surface area contributed by atoms with E-state index in [0.717, 1.165) is 11.4 Å². The first kappa shape index (κ1) is 14.7. The molecule has 2 aromatic rings. The molecule has 2 rings (SSSR count). The van der Waals surface area contributed by atoms with Gasteiger partial charge in [0.25, 0.3) is 0 Å². The molecule has 1 aromatic heterocycles. The Bertz CT molecular complexity index is 641. The molecule has 1 aromatic carbocycles. The van der Waals surface area contributed by atoms with Crippen LogP contribution >= 0.6 is 11.6 Å². The van der Waals surface area contributed by atoms with Gasteiger partial charge in [-0.15, -0.1) is 0 Å². The van der Waals surface area contributed by atoms with Gasteiger partial charge >= 0.3 is 0 Å². The molecule has 0 aliphatic carbocycles. The number of aromatic nitrogens is 2. The standard InChI is InChI=1S/C15H20ClN3O/c1-15(2,3)14-18-12(13(17)19(14)4)11-9(16)7-6-8-10(11)20-5/h6-8H,17H2,1-5H3. The van der Waals surface area contributed by atoms with Crippen LogP contribution in [0.3, 0.4) is 0 Å². The van der Waals surface area contributed by atoms with Crippen molar-refractivity contribution in [3.8, 4) is 17.0 Å². The largest absolute Gasteiger partial charge is 0.496 e. The number of nitrogens with zero attached hydrogens (tertiary/aromatic N) is 2. The van der Waals surface area contributed by atoms with Gasteiger partial charge < -0.3 is 15.0 Å². The molecule has 0 aliphatic heterocycles. The number of halogens is 1. The average Bonchev–Trinajstić information content (AvgIpc) is 2.66. The van der Waals surface area contributed by atoms with Gasteiger partial charge in [0.15, 0.2) is 0 Å². The first-order valence-corrected chi connectivity index (χ1v) is 6.80. The first-order chi connectivity index (χ1) is 9.27. The van der Waals surface area contributed by atoms with Crippen molar-refractivity contribution < 1.29 is 4.74 Å². The summed E-state index contributed by atoms with van der Waals surface area (Å²) in [6, 6.07) is 5.50. The number of hydrogen-bond donors (Lipinski definition) is 1. The van der Waals surface area contributed by atoms with Crippen LogP contribution in [-0.2, 0) is 12.5 Å². The van der Waals surface area contributed by atoms with Crippen molar-refractivity contribution in [2.24, 2.45) is 7.05 Å². The van der Waals surface area contributed by atoms with Gasteiger partial charge in [-0.05, 0) is 12.1 Å². The van der Waals surface area contributed by atoms with E-state index in [9.17, 15) is 0 Å². The fourth-order valence-electron chi connectivity index (χ4n) is 2.27. The molecule has 2 N–H and O–H groups in total. The summed E-state index contributed by atoms with van der Waals surface area (Å²) in [5, 5.41) is 0.578. The van der Waals surface area contributed by atoms with Crippen LogP contribution in [0, 0.1) is 0 Å². The second kappa shape index (κ2) is 5.02. The second-order valence-corrected chi connectivity index (χ2v) is 6.20. The smallest absolute Gasteiger partial charge is 0.131 e. The minimum atomic E-state index is -0.102. The highest BCUT2D eigenvalue weighted by Gasteiger charge is 2.26. The molecule has 0 saturated heterocycles. The fourth-order valence-corrected chi connectivity index (χ4v) is 2.53. The van der Waals surface area contributed by atoms with E-state index in [1.165, 1.54) is 0 Å². The van der Waals surface area contributed by atoms with Gasteiger partial charge in [-0.25, -0.2) is 4.98 Å². The molecule has 1 heterocycles. The van der Waals surface area contributed by atoms with Crippen molar-refractivity contribution in [3.63, 3.8) is 0 Å². The maximum Gasteiger partial charge on any atom is 0.131 e. The highest BCUT2D eigenvalue weighted by atomic mass is 35.5. The van der Waals surface area contributed by atoms with Gasteiger partial charge in [-0.1, -0.05) is 38.4 Å². The quantitative estimate of drug-likeness (QED) is 0.920. The molecular weight excluding hydrogens is 274 g/mol. The van der Waals surface area contributed by atoms with Gasteiger partial charge in [0.05, 0.1) is 17.7 Å². The summed E-state index contributed by atoms with van der Waals surface area (Å²) in [6.45, 7) is 6.30. The molecule has 0 aliphatic rings. The number of benzene rings is 1. The van der Waals surface area contributed by atoms with Crippen LogP contribution in [0.2, 0.25) is 5.02 Å². The summed E-state index contributed by atoms with van der Waals surface area (Å²) in [5.74, 6) is 2.16. The van der Waals surface area contributed by atoms with E-state index < -0.39 is 0 Å². The number of nitrogens with two attached hydrogens (primary N) is 1. The van der Waals surface area contributed by atoms with E-state index in [0.29, 0.717) is 22.3 Å². The maximum atomic E-state index is 6.31. The van der Waals surface area contributed by atoms with Gasteiger partial charge in [0.1, 0.15) is 23.1 Å². The normalized spacial score (nSPS) is 11.7. The van der Waals surface area contributed by atoms with Crippen LogP contribution in [0.5, 0.6) is 5.75 Å². The Labute approximate surface area is 124 Å². The second-order valence-electron chi connectivity index (χ2n) is 5.80. The Hall–Kier alpha value is -1.68. The summed E-state index contributed by atoms with van der Waals surface area (Å²) in [7, 11) is 3.52. The van der Waals surface area contributed by atoms with Crippen LogP contribution in [0.15, 0.2) is 18.2 Å². The SMILES string of the molecule is COc1cccc(Cl)c1-c1nc(C(C)(C)C)n(C)c1N. The number of imidazole rings is 1. The van der Waals surface area contributed by atoms with Crippen LogP contribution in [0.1, 0.15) is 26.6 Å². The highest BCUT2D eigenvalue weighted by molar-refractivity contribution is 6.33. The third-order valence-corrected chi connectivity index (χ3v) is 3.56. The van der Waals surface area contributed by atoms with Gasteiger partial charge in [0.2, 0.25) is 0 Å². The molecule has 0 bridgehead atoms. The predicted octanol–water partition coefficient (Wildman–Crippen LogP) is 3.63. The lowest BCUT2D eigenvalue weighted by Gasteiger charge is -2.17. The Kier molecular flexibility index (Phi) is 3.69. The molecule has 0 spiro atoms. The zero-order valence-electron chi connectivity index (χ0n) is 12.5. The molecule has 0 fully saturated rings. The Morgan fingerprint density at radius 2 is 1.95 bits per heavy atom. The Morgan fingerprint density at radius 3 is 2.45 bits per heavy atom. The van der Waals surface area contributed by atoms with E-state index in [4.69, 9.17) is 27.1 Å². The topological polar surface area (TPSA) is 53.1 Å². The molecule has 0 saturated carbocycles. The van der Waals surface area contributed by atoms with Gasteiger partial charge in [-0.3, -0.25) is 0 Å². The van der Waals surface area contributed by atoms with Crippen molar-refractivity contribution in [1.82, 2.24) is 9.55 Å². The number of nitrogen functional groups attached to an aromatic ring is 1. The van der Waals surface area contributed by atoms with Crippen molar-refractivity contribution >= 4 is 17.4 Å². The summed E-state index contributed by atoms with van der Waals surface area (Å²) >= 11 is 6.31. The van der Waals surface area contributed by atoms with Crippen molar-refractivity contribution in [1.29, 1.82) is 0 Å². The summed E-state index contributed by atoms with van der Waals surface area (Å²) in [6.07, 6.45) is 0. The molecular formula is C15H20ClN3O. The molecule has 0 unspecified atom stereocenters. The average molecular weight is 294 g/mol. The highest BCUT2D eigenvalue weighted by Crippen LogP contribution is 2.40. The van der Waals surface area contributed by atoms with Crippen LogP contribution < -0.4 is 10.5 Å². The molecule has 108 valence electrons. The molecule has 0 amide bonds. The lowest BCUT2D eigenvalue weighted by Crippen LogP contribution is -2.17. The molecule has 20 heavy (non-hydrogen) atoms. The zero-order valence-corrected chi connectivity index (χ0v) is 13.2. The predicted molar refractivity (Wildman–Crippen MR) is 83.3 cm³/mol. The fraction of sp³-hybridized carbons (Fsp3) is 0.400. The Balaban J connectivity index is 2.72. The Morgan fingerprint density at radius 1 is 1.30 bits per heavy atom. The number of hydrogen-bond acceptors (Lipinski definition) is 3. The van der Waals surface area contributed by atoms with Gasteiger partial charge in [0, 0.05) is 12.5 Å². The molecule has 5 heteroatoms. The molecule has 4 nitrogen and oxygen atoms in total. The molecule has 0 atom stereocenters.